The molecule has 3 aromatic carbocycles. The molecular weight excluding hydrogens is 434 g/mol. The van der Waals surface area contributed by atoms with Crippen LogP contribution in [0.5, 0.6) is 11.5 Å². The van der Waals surface area contributed by atoms with Gasteiger partial charge < -0.3 is 14.5 Å². The molecule has 1 aliphatic heterocycles. The van der Waals surface area contributed by atoms with E-state index in [2.05, 4.69) is 89.3 Å². The molecule has 174 valence electrons. The van der Waals surface area contributed by atoms with E-state index in [0.717, 1.165) is 40.6 Å². The second kappa shape index (κ2) is 8.47. The Morgan fingerprint density at radius 2 is 1.69 bits per heavy atom. The number of hydrogen-bond donors (Lipinski definition) is 0. The van der Waals surface area contributed by atoms with E-state index in [1.165, 1.54) is 16.9 Å². The van der Waals surface area contributed by atoms with Crippen molar-refractivity contribution in [2.75, 3.05) is 23.5 Å². The number of benzene rings is 3. The molecule has 0 radical (unpaired) electrons. The Balaban J connectivity index is 1.31. The van der Waals surface area contributed by atoms with Crippen LogP contribution in [0.25, 0.3) is 16.7 Å². The Hall–Kier alpha value is -4.32. The number of anilines is 3. The first-order chi connectivity index (χ1) is 17.1. The van der Waals surface area contributed by atoms with Crippen molar-refractivity contribution >= 4 is 28.0 Å². The Morgan fingerprint density at radius 3 is 2.54 bits per heavy atom. The molecule has 0 amide bonds. The van der Waals surface area contributed by atoms with Gasteiger partial charge in [-0.3, -0.25) is 0 Å². The maximum atomic E-state index is 6.32. The number of fused-ring (bicyclic) bond motifs is 2. The quantitative estimate of drug-likeness (QED) is 0.285. The van der Waals surface area contributed by atoms with Crippen molar-refractivity contribution in [2.24, 2.45) is 0 Å². The second-order valence-electron chi connectivity index (χ2n) is 9.23. The van der Waals surface area contributed by atoms with Gasteiger partial charge in [-0.25, -0.2) is 9.67 Å². The number of rotatable bonds is 5. The molecule has 5 aromatic rings. The summed E-state index contributed by atoms with van der Waals surface area (Å²) in [4.78, 5) is 9.11. The van der Waals surface area contributed by atoms with Crippen molar-refractivity contribution in [3.05, 3.63) is 96.8 Å². The number of ether oxygens (including phenoxy) is 1. The Labute approximate surface area is 205 Å². The van der Waals surface area contributed by atoms with Gasteiger partial charge in [-0.2, -0.15) is 5.10 Å². The summed E-state index contributed by atoms with van der Waals surface area (Å²) in [5.74, 6) is 2.78. The van der Waals surface area contributed by atoms with Crippen molar-refractivity contribution in [1.82, 2.24) is 14.8 Å². The fourth-order valence-electron chi connectivity index (χ4n) is 4.60. The minimum absolute atomic E-state index is 0.423. The highest BCUT2D eigenvalue weighted by molar-refractivity contribution is 5.83. The fraction of sp³-hybridized carbons (Fsp3) is 0.172. The Kier molecular flexibility index (Phi) is 5.14. The highest BCUT2D eigenvalue weighted by Gasteiger charge is 2.24. The lowest BCUT2D eigenvalue weighted by Gasteiger charge is -2.20. The van der Waals surface area contributed by atoms with E-state index in [-0.39, 0.29) is 0 Å². The highest BCUT2D eigenvalue weighted by Crippen LogP contribution is 2.40. The van der Waals surface area contributed by atoms with Crippen LogP contribution >= 0.6 is 0 Å². The van der Waals surface area contributed by atoms with Crippen LogP contribution in [0.15, 0.2) is 91.3 Å². The van der Waals surface area contributed by atoms with Crippen molar-refractivity contribution in [3.63, 3.8) is 0 Å². The molecule has 0 saturated carbocycles. The van der Waals surface area contributed by atoms with Crippen molar-refractivity contribution < 1.29 is 4.74 Å². The number of pyridine rings is 1. The summed E-state index contributed by atoms with van der Waals surface area (Å²) >= 11 is 0. The van der Waals surface area contributed by atoms with Crippen LogP contribution in [0.2, 0.25) is 0 Å². The zero-order valence-corrected chi connectivity index (χ0v) is 20.1. The molecule has 35 heavy (non-hydrogen) atoms. The van der Waals surface area contributed by atoms with Gasteiger partial charge in [-0.1, -0.05) is 32.0 Å². The van der Waals surface area contributed by atoms with Gasteiger partial charge in [0.2, 0.25) is 0 Å². The lowest BCUT2D eigenvalue weighted by atomic mass is 10.1. The predicted molar refractivity (Wildman–Crippen MR) is 141 cm³/mol. The minimum Gasteiger partial charge on any atom is -0.457 e. The summed E-state index contributed by atoms with van der Waals surface area (Å²) in [5, 5.41) is 5.64. The third-order valence-corrected chi connectivity index (χ3v) is 6.50. The van der Waals surface area contributed by atoms with Crippen LogP contribution in [0.4, 0.5) is 17.1 Å². The summed E-state index contributed by atoms with van der Waals surface area (Å²) in [6, 6.07) is 26.9. The van der Waals surface area contributed by atoms with Crippen LogP contribution in [0.3, 0.4) is 0 Å². The third-order valence-electron chi connectivity index (χ3n) is 6.50. The lowest BCUT2D eigenvalue weighted by molar-refractivity contribution is 0.483. The van der Waals surface area contributed by atoms with Crippen LogP contribution in [-0.4, -0.2) is 28.5 Å². The molecule has 1 aliphatic rings. The normalized spacial score (nSPS) is 13.0. The van der Waals surface area contributed by atoms with E-state index in [1.54, 1.807) is 0 Å². The maximum absolute atomic E-state index is 6.32. The second-order valence-corrected chi connectivity index (χ2v) is 9.23. The summed E-state index contributed by atoms with van der Waals surface area (Å²) in [7, 11) is 2.11. The lowest BCUT2D eigenvalue weighted by Crippen LogP contribution is -2.23. The van der Waals surface area contributed by atoms with E-state index in [9.17, 15) is 0 Å². The first-order valence-corrected chi connectivity index (χ1v) is 11.9. The SMILES string of the molecule is CC(C)c1ccnc(-n2ncc3ccc(Oc4cccc(N5CN(C)c6ccccc65)c4)cc32)c1. The van der Waals surface area contributed by atoms with Gasteiger partial charge in [0.1, 0.15) is 11.5 Å². The van der Waals surface area contributed by atoms with E-state index in [0.29, 0.717) is 5.92 Å². The predicted octanol–water partition coefficient (Wildman–Crippen LogP) is 6.88. The average Bonchev–Trinajstić information content (AvgIpc) is 3.45. The topological polar surface area (TPSA) is 46.4 Å². The van der Waals surface area contributed by atoms with Gasteiger partial charge in [0.25, 0.3) is 0 Å². The van der Waals surface area contributed by atoms with Crippen LogP contribution < -0.4 is 14.5 Å². The van der Waals surface area contributed by atoms with E-state index < -0.39 is 0 Å². The smallest absolute Gasteiger partial charge is 0.154 e. The van der Waals surface area contributed by atoms with E-state index in [4.69, 9.17) is 4.74 Å². The molecule has 0 fully saturated rings. The first-order valence-electron chi connectivity index (χ1n) is 11.9. The van der Waals surface area contributed by atoms with Crippen molar-refractivity contribution in [1.29, 1.82) is 0 Å². The molecule has 6 nitrogen and oxygen atoms in total. The van der Waals surface area contributed by atoms with E-state index in [1.807, 2.05) is 47.4 Å². The third kappa shape index (κ3) is 3.87. The Bertz CT molecular complexity index is 1520. The first kappa shape index (κ1) is 21.2. The molecule has 0 N–H and O–H groups in total. The molecule has 6 rings (SSSR count). The average molecular weight is 462 g/mol. The Morgan fingerprint density at radius 1 is 0.857 bits per heavy atom. The van der Waals surface area contributed by atoms with Crippen molar-refractivity contribution in [3.8, 4) is 17.3 Å². The molecule has 6 heteroatoms. The molecule has 0 unspecified atom stereocenters. The fourth-order valence-corrected chi connectivity index (χ4v) is 4.60. The molecular formula is C29H27N5O. The summed E-state index contributed by atoms with van der Waals surface area (Å²) in [6.07, 6.45) is 3.71. The number of hydrogen-bond acceptors (Lipinski definition) is 5. The molecule has 0 aliphatic carbocycles. The van der Waals surface area contributed by atoms with Gasteiger partial charge in [0.15, 0.2) is 5.82 Å². The number of aromatic nitrogens is 3. The summed E-state index contributed by atoms with van der Waals surface area (Å²) in [5.41, 5.74) is 5.72. The van der Waals surface area contributed by atoms with Gasteiger partial charge in [0, 0.05) is 36.5 Å². The van der Waals surface area contributed by atoms with Crippen LogP contribution in [0.1, 0.15) is 25.3 Å². The number of nitrogens with zero attached hydrogens (tertiary/aromatic N) is 5. The van der Waals surface area contributed by atoms with Gasteiger partial charge in [-0.05, 0) is 60.0 Å². The standard InChI is InChI=1S/C29H27N5O/c1-20(2)21-13-14-30-29(15-21)34-28-17-25(12-11-22(28)18-31-34)35-24-8-6-7-23(16-24)33-19-32(3)26-9-4-5-10-27(26)33/h4-18,20H,19H2,1-3H3. The summed E-state index contributed by atoms with van der Waals surface area (Å²) < 4.78 is 8.20. The molecule has 3 heterocycles. The molecule has 0 bridgehead atoms. The van der Waals surface area contributed by atoms with Crippen LogP contribution in [-0.2, 0) is 0 Å². The van der Waals surface area contributed by atoms with Crippen LogP contribution in [0, 0.1) is 0 Å². The van der Waals surface area contributed by atoms with Gasteiger partial charge in [0.05, 0.1) is 29.8 Å². The molecule has 0 atom stereocenters. The van der Waals surface area contributed by atoms with E-state index >= 15 is 0 Å². The zero-order chi connectivity index (χ0) is 23.9. The molecule has 0 saturated heterocycles. The van der Waals surface area contributed by atoms with Crippen molar-refractivity contribution in [2.45, 2.75) is 19.8 Å². The maximum Gasteiger partial charge on any atom is 0.154 e. The summed E-state index contributed by atoms with van der Waals surface area (Å²) in [6.45, 7) is 5.16. The van der Waals surface area contributed by atoms with Gasteiger partial charge in [-0.15, -0.1) is 0 Å². The minimum atomic E-state index is 0.423. The largest absolute Gasteiger partial charge is 0.457 e. The highest BCUT2D eigenvalue weighted by atomic mass is 16.5. The number of para-hydroxylation sites is 2. The zero-order valence-electron chi connectivity index (χ0n) is 20.1. The molecule has 0 spiro atoms. The van der Waals surface area contributed by atoms with Gasteiger partial charge >= 0.3 is 0 Å². The monoisotopic (exact) mass is 461 g/mol. The molecule has 2 aromatic heterocycles.